The van der Waals surface area contributed by atoms with Crippen LogP contribution >= 0.6 is 0 Å². The van der Waals surface area contributed by atoms with E-state index < -0.39 is 11.9 Å². The molecule has 0 aliphatic heterocycles. The minimum absolute atomic E-state index is 0.443. The summed E-state index contributed by atoms with van der Waals surface area (Å²) < 4.78 is 10.9. The van der Waals surface area contributed by atoms with Crippen LogP contribution < -0.4 is 9.47 Å². The molecule has 140 valence electrons. The minimum Gasteiger partial charge on any atom is -0.497 e. The van der Waals surface area contributed by atoms with Crippen molar-refractivity contribution in [2.45, 2.75) is 44.9 Å². The Bertz CT molecular complexity index is 662. The van der Waals surface area contributed by atoms with Gasteiger partial charge in [-0.2, -0.15) is 0 Å². The molecule has 4 nitrogen and oxygen atoms in total. The molecule has 0 spiro atoms. The predicted octanol–water partition coefficient (Wildman–Crippen LogP) is 5.07. The summed E-state index contributed by atoms with van der Waals surface area (Å²) >= 11 is 0. The third kappa shape index (κ3) is 6.10. The summed E-state index contributed by atoms with van der Waals surface area (Å²) in [5.74, 6) is 0.146. The maximum absolute atomic E-state index is 11.7. The average molecular weight is 356 g/mol. The Labute approximate surface area is 155 Å². The summed E-state index contributed by atoms with van der Waals surface area (Å²) in [4.78, 5) is 11.7. The summed E-state index contributed by atoms with van der Waals surface area (Å²) in [5, 5.41) is 9.60. The fraction of sp³-hybridized carbons (Fsp3) is 0.409. The SMILES string of the molecule is CCCCCCOc1ccc(CC(C(=O)O)c2ccc(OC)cc2)cc1. The van der Waals surface area contributed by atoms with Crippen molar-refractivity contribution in [1.82, 2.24) is 0 Å². The normalized spacial score (nSPS) is 11.8. The van der Waals surface area contributed by atoms with Crippen molar-refractivity contribution in [2.75, 3.05) is 13.7 Å². The number of carboxylic acid groups (broad SMARTS) is 1. The van der Waals surface area contributed by atoms with Crippen LogP contribution in [0.25, 0.3) is 0 Å². The van der Waals surface area contributed by atoms with Crippen LogP contribution in [0.5, 0.6) is 11.5 Å². The summed E-state index contributed by atoms with van der Waals surface area (Å²) in [6.07, 6.45) is 5.15. The molecule has 0 bridgehead atoms. The summed E-state index contributed by atoms with van der Waals surface area (Å²) in [7, 11) is 1.59. The van der Waals surface area contributed by atoms with E-state index in [9.17, 15) is 9.90 Å². The first-order valence-electron chi connectivity index (χ1n) is 9.22. The van der Waals surface area contributed by atoms with Crippen molar-refractivity contribution >= 4 is 5.97 Å². The van der Waals surface area contributed by atoms with E-state index in [0.29, 0.717) is 6.42 Å². The average Bonchev–Trinajstić information content (AvgIpc) is 2.67. The van der Waals surface area contributed by atoms with Gasteiger partial charge in [-0.15, -0.1) is 0 Å². The first kappa shape index (κ1) is 19.8. The van der Waals surface area contributed by atoms with Gasteiger partial charge in [-0.3, -0.25) is 4.79 Å². The summed E-state index contributed by atoms with van der Waals surface area (Å²) in [6, 6.07) is 14.9. The maximum Gasteiger partial charge on any atom is 0.311 e. The zero-order valence-corrected chi connectivity index (χ0v) is 15.6. The number of hydrogen-bond donors (Lipinski definition) is 1. The van der Waals surface area contributed by atoms with Gasteiger partial charge in [-0.1, -0.05) is 50.5 Å². The number of methoxy groups -OCH3 is 1. The monoisotopic (exact) mass is 356 g/mol. The van der Waals surface area contributed by atoms with Crippen LogP contribution in [0.2, 0.25) is 0 Å². The van der Waals surface area contributed by atoms with Gasteiger partial charge in [0.2, 0.25) is 0 Å². The molecule has 0 saturated heterocycles. The molecule has 26 heavy (non-hydrogen) atoms. The van der Waals surface area contributed by atoms with Crippen molar-refractivity contribution in [2.24, 2.45) is 0 Å². The third-order valence-corrected chi connectivity index (χ3v) is 4.45. The fourth-order valence-electron chi connectivity index (χ4n) is 2.86. The zero-order valence-electron chi connectivity index (χ0n) is 15.6. The van der Waals surface area contributed by atoms with Gasteiger partial charge in [0.1, 0.15) is 11.5 Å². The molecule has 0 aliphatic carbocycles. The molecule has 1 atom stereocenters. The topological polar surface area (TPSA) is 55.8 Å². The van der Waals surface area contributed by atoms with Gasteiger partial charge in [0.25, 0.3) is 0 Å². The predicted molar refractivity (Wildman–Crippen MR) is 103 cm³/mol. The number of aliphatic carboxylic acids is 1. The number of hydrogen-bond acceptors (Lipinski definition) is 3. The standard InChI is InChI=1S/C22H28O4/c1-3-4-5-6-15-26-20-11-7-17(8-12-20)16-21(22(23)24)18-9-13-19(25-2)14-10-18/h7-14,21H,3-6,15-16H2,1-2H3,(H,23,24). The molecular weight excluding hydrogens is 328 g/mol. The Balaban J connectivity index is 1.94. The van der Waals surface area contributed by atoms with E-state index in [1.807, 2.05) is 36.4 Å². The van der Waals surface area contributed by atoms with Gasteiger partial charge in [0.05, 0.1) is 19.6 Å². The molecule has 0 aromatic heterocycles. The molecule has 0 heterocycles. The third-order valence-electron chi connectivity index (χ3n) is 4.45. The van der Waals surface area contributed by atoms with Crippen LogP contribution in [0.1, 0.15) is 49.7 Å². The highest BCUT2D eigenvalue weighted by Crippen LogP contribution is 2.25. The van der Waals surface area contributed by atoms with Crippen LogP contribution in [0.4, 0.5) is 0 Å². The fourth-order valence-corrected chi connectivity index (χ4v) is 2.86. The van der Waals surface area contributed by atoms with E-state index in [1.165, 1.54) is 19.3 Å². The van der Waals surface area contributed by atoms with Gasteiger partial charge >= 0.3 is 5.97 Å². The zero-order chi connectivity index (χ0) is 18.8. The van der Waals surface area contributed by atoms with Crippen LogP contribution in [-0.2, 0) is 11.2 Å². The lowest BCUT2D eigenvalue weighted by Crippen LogP contribution is -2.14. The van der Waals surface area contributed by atoms with Crippen molar-refractivity contribution in [1.29, 1.82) is 0 Å². The second-order valence-electron chi connectivity index (χ2n) is 6.42. The Morgan fingerprint density at radius 1 is 0.962 bits per heavy atom. The minimum atomic E-state index is -0.827. The van der Waals surface area contributed by atoms with E-state index >= 15 is 0 Å². The second kappa shape index (κ2) is 10.5. The molecule has 4 heteroatoms. The van der Waals surface area contributed by atoms with Gasteiger partial charge in [0.15, 0.2) is 0 Å². The van der Waals surface area contributed by atoms with Gasteiger partial charge in [-0.25, -0.2) is 0 Å². The van der Waals surface area contributed by atoms with E-state index in [-0.39, 0.29) is 0 Å². The van der Waals surface area contributed by atoms with Crippen molar-refractivity contribution in [3.8, 4) is 11.5 Å². The van der Waals surface area contributed by atoms with Gasteiger partial charge in [-0.05, 0) is 48.2 Å². The lowest BCUT2D eigenvalue weighted by atomic mass is 9.92. The Morgan fingerprint density at radius 3 is 2.19 bits per heavy atom. The van der Waals surface area contributed by atoms with Crippen molar-refractivity contribution < 1.29 is 19.4 Å². The quantitative estimate of drug-likeness (QED) is 0.571. The highest BCUT2D eigenvalue weighted by atomic mass is 16.5. The lowest BCUT2D eigenvalue weighted by Gasteiger charge is -2.14. The molecule has 1 unspecified atom stereocenters. The number of benzene rings is 2. The Morgan fingerprint density at radius 2 is 1.62 bits per heavy atom. The number of carboxylic acids is 1. The van der Waals surface area contributed by atoms with Crippen molar-refractivity contribution in [3.63, 3.8) is 0 Å². The number of unbranched alkanes of at least 4 members (excludes halogenated alkanes) is 3. The second-order valence-corrected chi connectivity index (χ2v) is 6.42. The van der Waals surface area contributed by atoms with Crippen LogP contribution in [0, 0.1) is 0 Å². The molecular formula is C22H28O4. The van der Waals surface area contributed by atoms with Crippen LogP contribution in [-0.4, -0.2) is 24.8 Å². The molecule has 0 saturated carbocycles. The van der Waals surface area contributed by atoms with Gasteiger partial charge in [0, 0.05) is 0 Å². The van der Waals surface area contributed by atoms with Crippen LogP contribution in [0.3, 0.4) is 0 Å². The number of carbonyl (C=O) groups is 1. The van der Waals surface area contributed by atoms with E-state index in [1.54, 1.807) is 19.2 Å². The van der Waals surface area contributed by atoms with Crippen molar-refractivity contribution in [3.05, 3.63) is 59.7 Å². The lowest BCUT2D eigenvalue weighted by molar-refractivity contribution is -0.138. The van der Waals surface area contributed by atoms with Gasteiger partial charge < -0.3 is 14.6 Å². The molecule has 0 amide bonds. The molecule has 2 aromatic carbocycles. The largest absolute Gasteiger partial charge is 0.497 e. The molecule has 0 aliphatic rings. The highest BCUT2D eigenvalue weighted by Gasteiger charge is 2.20. The molecule has 0 fully saturated rings. The summed E-state index contributed by atoms with van der Waals surface area (Å²) in [5.41, 5.74) is 1.75. The van der Waals surface area contributed by atoms with E-state index in [4.69, 9.17) is 9.47 Å². The number of rotatable bonds is 11. The Hall–Kier alpha value is -2.49. The van der Waals surface area contributed by atoms with E-state index in [2.05, 4.69) is 6.92 Å². The van der Waals surface area contributed by atoms with E-state index in [0.717, 1.165) is 35.7 Å². The molecule has 2 rings (SSSR count). The molecule has 1 N–H and O–H groups in total. The number of ether oxygens (including phenoxy) is 2. The first-order valence-corrected chi connectivity index (χ1v) is 9.22. The van der Waals surface area contributed by atoms with Crippen LogP contribution in [0.15, 0.2) is 48.5 Å². The first-order chi connectivity index (χ1) is 12.6. The molecule has 2 aromatic rings. The summed E-state index contributed by atoms with van der Waals surface area (Å²) in [6.45, 7) is 2.92. The Kier molecular flexibility index (Phi) is 8.00. The highest BCUT2D eigenvalue weighted by molar-refractivity contribution is 5.76. The smallest absolute Gasteiger partial charge is 0.311 e. The maximum atomic E-state index is 11.7. The molecule has 0 radical (unpaired) electrons.